The number of hydrogen-bond acceptors (Lipinski definition) is 4. The Morgan fingerprint density at radius 2 is 2.00 bits per heavy atom. The van der Waals surface area contributed by atoms with Crippen LogP contribution in [0.2, 0.25) is 0 Å². The second-order valence-electron chi connectivity index (χ2n) is 7.70. The van der Waals surface area contributed by atoms with Gasteiger partial charge in [-0.1, -0.05) is 19.1 Å². The van der Waals surface area contributed by atoms with Gasteiger partial charge in [-0.3, -0.25) is 0 Å². The molecule has 2 saturated heterocycles. The van der Waals surface area contributed by atoms with E-state index >= 15 is 0 Å². The molecule has 2 aliphatic heterocycles. The van der Waals surface area contributed by atoms with Gasteiger partial charge >= 0.3 is 0 Å². The zero-order valence-electron chi connectivity index (χ0n) is 16.7. The second kappa shape index (κ2) is 10.0. The van der Waals surface area contributed by atoms with E-state index in [0.29, 0.717) is 11.5 Å². The van der Waals surface area contributed by atoms with Crippen molar-refractivity contribution < 1.29 is 18.1 Å². The quantitative estimate of drug-likeness (QED) is 0.627. The fourth-order valence-corrected chi connectivity index (χ4v) is 5.99. The molecule has 6 nitrogen and oxygen atoms in total. The molecule has 2 N–H and O–H groups in total. The standard InChI is InChI=1S/C20H31N3O3S2/c1-2-17-4-6-18(7-5-17)21-20(27)23(19-8-15-28(24,25)16-19)10-3-9-22-11-13-26-14-12-22/h4-7,19H,2-3,8-16H2,1H3,(H,21,27)/p+1/t19-/m1/s1. The summed E-state index contributed by atoms with van der Waals surface area (Å²) in [5.74, 6) is 0.463. The van der Waals surface area contributed by atoms with Crippen LogP contribution >= 0.6 is 12.2 Å². The largest absolute Gasteiger partial charge is 0.370 e. The first-order valence-corrected chi connectivity index (χ1v) is 12.5. The summed E-state index contributed by atoms with van der Waals surface area (Å²) in [6.45, 7) is 7.72. The van der Waals surface area contributed by atoms with Crippen LogP contribution in [0, 0.1) is 0 Å². The summed E-state index contributed by atoms with van der Waals surface area (Å²) in [6, 6.07) is 8.23. The van der Waals surface area contributed by atoms with Crippen LogP contribution < -0.4 is 10.2 Å². The normalized spacial score (nSPS) is 22.1. The molecule has 0 spiro atoms. The van der Waals surface area contributed by atoms with Crippen molar-refractivity contribution in [3.05, 3.63) is 29.8 Å². The molecule has 2 heterocycles. The summed E-state index contributed by atoms with van der Waals surface area (Å²) in [4.78, 5) is 3.66. The minimum Gasteiger partial charge on any atom is -0.370 e. The van der Waals surface area contributed by atoms with E-state index in [0.717, 1.165) is 57.9 Å². The highest BCUT2D eigenvalue weighted by Gasteiger charge is 2.33. The third-order valence-electron chi connectivity index (χ3n) is 5.65. The predicted molar refractivity (Wildman–Crippen MR) is 117 cm³/mol. The number of nitrogens with zero attached hydrogens (tertiary/aromatic N) is 1. The van der Waals surface area contributed by atoms with E-state index in [1.807, 2.05) is 12.1 Å². The smallest absolute Gasteiger partial charge is 0.173 e. The maximum atomic E-state index is 12.0. The lowest BCUT2D eigenvalue weighted by Gasteiger charge is -2.32. The summed E-state index contributed by atoms with van der Waals surface area (Å²) in [5, 5.41) is 3.95. The number of rotatable bonds is 7. The molecule has 8 heteroatoms. The van der Waals surface area contributed by atoms with Crippen molar-refractivity contribution in [2.24, 2.45) is 0 Å². The number of anilines is 1. The van der Waals surface area contributed by atoms with E-state index in [4.69, 9.17) is 17.0 Å². The van der Waals surface area contributed by atoms with Crippen LogP contribution in [0.25, 0.3) is 0 Å². The van der Waals surface area contributed by atoms with Gasteiger partial charge in [-0.25, -0.2) is 8.42 Å². The highest BCUT2D eigenvalue weighted by Crippen LogP contribution is 2.20. The van der Waals surface area contributed by atoms with Gasteiger partial charge in [-0.15, -0.1) is 0 Å². The fraction of sp³-hybridized carbons (Fsp3) is 0.650. The molecule has 0 unspecified atom stereocenters. The Kier molecular flexibility index (Phi) is 7.68. The van der Waals surface area contributed by atoms with Crippen LogP contribution in [0.15, 0.2) is 24.3 Å². The van der Waals surface area contributed by atoms with Gasteiger partial charge < -0.3 is 19.9 Å². The second-order valence-corrected chi connectivity index (χ2v) is 10.3. The maximum absolute atomic E-state index is 12.0. The number of morpholine rings is 1. The highest BCUT2D eigenvalue weighted by molar-refractivity contribution is 7.91. The van der Waals surface area contributed by atoms with Crippen LogP contribution in [0.3, 0.4) is 0 Å². The van der Waals surface area contributed by atoms with Crippen molar-refractivity contribution in [3.8, 4) is 0 Å². The Bertz CT molecular complexity index is 746. The van der Waals surface area contributed by atoms with Crippen molar-refractivity contribution in [3.63, 3.8) is 0 Å². The highest BCUT2D eigenvalue weighted by atomic mass is 32.2. The van der Waals surface area contributed by atoms with E-state index < -0.39 is 9.84 Å². The molecule has 3 rings (SSSR count). The molecule has 0 bridgehead atoms. The topological polar surface area (TPSA) is 63.1 Å². The molecular weight excluding hydrogens is 394 g/mol. The molecule has 0 saturated carbocycles. The molecule has 0 aromatic heterocycles. The first-order chi connectivity index (χ1) is 13.5. The molecule has 1 aromatic carbocycles. The number of ether oxygens (including phenoxy) is 1. The number of quaternary nitrogens is 1. The van der Waals surface area contributed by atoms with Crippen LogP contribution in [-0.4, -0.2) is 75.4 Å². The molecule has 28 heavy (non-hydrogen) atoms. The van der Waals surface area contributed by atoms with Gasteiger partial charge in [0.2, 0.25) is 0 Å². The average molecular weight is 427 g/mol. The Morgan fingerprint density at radius 3 is 2.61 bits per heavy atom. The van der Waals surface area contributed by atoms with Crippen LogP contribution in [0.4, 0.5) is 5.69 Å². The monoisotopic (exact) mass is 426 g/mol. The molecule has 0 amide bonds. The van der Waals surface area contributed by atoms with Gasteiger partial charge in [-0.2, -0.15) is 0 Å². The molecule has 1 aromatic rings. The van der Waals surface area contributed by atoms with E-state index in [2.05, 4.69) is 29.3 Å². The summed E-state index contributed by atoms with van der Waals surface area (Å²) in [7, 11) is -2.95. The Morgan fingerprint density at radius 1 is 1.29 bits per heavy atom. The van der Waals surface area contributed by atoms with Crippen molar-refractivity contribution in [1.29, 1.82) is 0 Å². The summed E-state index contributed by atoms with van der Waals surface area (Å²) >= 11 is 5.69. The number of benzene rings is 1. The summed E-state index contributed by atoms with van der Waals surface area (Å²) in [5.41, 5.74) is 2.23. The van der Waals surface area contributed by atoms with Gasteiger partial charge in [-0.05, 0) is 42.8 Å². The van der Waals surface area contributed by atoms with Gasteiger partial charge in [0.1, 0.15) is 13.1 Å². The zero-order chi connectivity index (χ0) is 20.0. The van der Waals surface area contributed by atoms with Gasteiger partial charge in [0.05, 0.1) is 31.3 Å². The molecule has 2 aliphatic rings. The minimum absolute atomic E-state index is 0.0281. The lowest BCUT2D eigenvalue weighted by atomic mass is 10.1. The van der Waals surface area contributed by atoms with Crippen LogP contribution in [0.5, 0.6) is 0 Å². The van der Waals surface area contributed by atoms with Crippen molar-refractivity contribution in [2.75, 3.05) is 56.2 Å². The third kappa shape index (κ3) is 6.14. The average Bonchev–Trinajstić information content (AvgIpc) is 3.06. The Balaban J connectivity index is 1.61. The minimum atomic E-state index is -2.95. The van der Waals surface area contributed by atoms with Crippen LogP contribution in [0.1, 0.15) is 25.3 Å². The summed E-state index contributed by atoms with van der Waals surface area (Å²) < 4.78 is 29.4. The van der Waals surface area contributed by atoms with Crippen molar-refractivity contribution in [2.45, 2.75) is 32.2 Å². The maximum Gasteiger partial charge on any atom is 0.173 e. The van der Waals surface area contributed by atoms with E-state index in [1.165, 1.54) is 5.56 Å². The van der Waals surface area contributed by atoms with E-state index in [1.54, 1.807) is 4.90 Å². The molecule has 0 aliphatic carbocycles. The molecule has 2 fully saturated rings. The molecular formula is C20H32N3O3S2+. The molecule has 156 valence electrons. The Hall–Kier alpha value is -1.22. The lowest BCUT2D eigenvalue weighted by molar-refractivity contribution is -0.908. The summed E-state index contributed by atoms with van der Waals surface area (Å²) in [6.07, 6.45) is 2.65. The number of aryl methyl sites for hydroxylation is 1. The number of thiocarbonyl (C=S) groups is 1. The number of hydrogen-bond donors (Lipinski definition) is 2. The first kappa shape index (κ1) is 21.5. The predicted octanol–water partition coefficient (Wildman–Crippen LogP) is 0.740. The van der Waals surface area contributed by atoms with Crippen LogP contribution in [-0.2, 0) is 21.0 Å². The van der Waals surface area contributed by atoms with E-state index in [9.17, 15) is 8.42 Å². The van der Waals surface area contributed by atoms with Crippen molar-refractivity contribution >= 4 is 32.9 Å². The zero-order valence-corrected chi connectivity index (χ0v) is 18.3. The Labute approximate surface area is 174 Å². The first-order valence-electron chi connectivity index (χ1n) is 10.2. The SMILES string of the molecule is CCc1ccc(NC(=S)N(CCC[NH+]2CCOCC2)[C@@H]2CCS(=O)(=O)C2)cc1. The van der Waals surface area contributed by atoms with Gasteiger partial charge in [0.25, 0.3) is 0 Å². The third-order valence-corrected chi connectivity index (χ3v) is 7.74. The fourth-order valence-electron chi connectivity index (χ4n) is 3.90. The molecule has 0 radical (unpaired) electrons. The van der Waals surface area contributed by atoms with Gasteiger partial charge in [0, 0.05) is 24.7 Å². The number of nitrogens with one attached hydrogen (secondary N) is 2. The molecule has 1 atom stereocenters. The van der Waals surface area contributed by atoms with Gasteiger partial charge in [0.15, 0.2) is 14.9 Å². The van der Waals surface area contributed by atoms with Crippen molar-refractivity contribution in [1.82, 2.24) is 4.90 Å². The lowest BCUT2D eigenvalue weighted by Crippen LogP contribution is -3.14. The number of sulfone groups is 1. The van der Waals surface area contributed by atoms with E-state index in [-0.39, 0.29) is 17.5 Å².